The van der Waals surface area contributed by atoms with Crippen LogP contribution in [-0.2, 0) is 16.0 Å². The normalized spacial score (nSPS) is 12.8. The van der Waals surface area contributed by atoms with Crippen molar-refractivity contribution in [2.24, 2.45) is 0 Å². The van der Waals surface area contributed by atoms with Crippen molar-refractivity contribution in [2.45, 2.75) is 12.5 Å². The number of nitrogens with zero attached hydrogens (tertiary/aromatic N) is 1. The summed E-state index contributed by atoms with van der Waals surface area (Å²) in [5.41, 5.74) is 0.823. The molecule has 1 rings (SSSR count). The Bertz CT molecular complexity index is 245. The fraction of sp³-hybridized carbons (Fsp3) is 0.429. The van der Waals surface area contributed by atoms with E-state index in [0.29, 0.717) is 6.42 Å². The fourth-order valence-electron chi connectivity index (χ4n) is 0.875. The smallest absolute Gasteiger partial charge is 0.333 e. The molecule has 1 unspecified atom stereocenters. The molecule has 1 atom stereocenters. The van der Waals surface area contributed by atoms with Crippen LogP contribution in [0.25, 0.3) is 0 Å². The molecule has 0 radical (unpaired) electrons. The number of aromatic amines is 1. The number of aliphatic carboxylic acids is 1. The van der Waals surface area contributed by atoms with Gasteiger partial charge in [-0.1, -0.05) is 0 Å². The monoisotopic (exact) mass is 170 g/mol. The number of carboxylic acids is 1. The van der Waals surface area contributed by atoms with E-state index in [9.17, 15) is 4.79 Å². The first-order valence-corrected chi connectivity index (χ1v) is 3.47. The van der Waals surface area contributed by atoms with Crippen LogP contribution in [0.3, 0.4) is 0 Å². The van der Waals surface area contributed by atoms with Crippen molar-refractivity contribution < 1.29 is 14.6 Å². The van der Waals surface area contributed by atoms with E-state index in [-0.39, 0.29) is 0 Å². The Labute approximate surface area is 69.4 Å². The van der Waals surface area contributed by atoms with E-state index >= 15 is 0 Å². The van der Waals surface area contributed by atoms with Crippen molar-refractivity contribution in [1.82, 2.24) is 10.2 Å². The SMILES string of the molecule is COC(Cc1cn[nH]c1)C(=O)O. The van der Waals surface area contributed by atoms with Crippen LogP contribution in [0.4, 0.5) is 0 Å². The standard InChI is InChI=1S/C7H10N2O3/c1-12-6(7(10)11)2-5-3-8-9-4-5/h3-4,6H,2H2,1H3,(H,8,9)(H,10,11). The highest BCUT2D eigenvalue weighted by Crippen LogP contribution is 2.02. The van der Waals surface area contributed by atoms with Gasteiger partial charge in [0.15, 0.2) is 6.10 Å². The van der Waals surface area contributed by atoms with Gasteiger partial charge in [0.25, 0.3) is 0 Å². The highest BCUT2D eigenvalue weighted by molar-refractivity contribution is 5.72. The van der Waals surface area contributed by atoms with E-state index in [1.54, 1.807) is 12.4 Å². The quantitative estimate of drug-likeness (QED) is 0.669. The summed E-state index contributed by atoms with van der Waals surface area (Å²) in [6.07, 6.45) is 2.77. The molecule has 2 N–H and O–H groups in total. The molecule has 0 saturated heterocycles. The number of carboxylic acid groups (broad SMARTS) is 1. The van der Waals surface area contributed by atoms with Gasteiger partial charge in [-0.05, 0) is 5.56 Å². The molecular formula is C7H10N2O3. The number of carbonyl (C=O) groups is 1. The predicted molar refractivity (Wildman–Crippen MR) is 40.7 cm³/mol. The number of methoxy groups -OCH3 is 1. The fourth-order valence-corrected chi connectivity index (χ4v) is 0.875. The average Bonchev–Trinajstić information content (AvgIpc) is 2.51. The summed E-state index contributed by atoms with van der Waals surface area (Å²) in [6, 6.07) is 0. The first kappa shape index (κ1) is 8.73. The van der Waals surface area contributed by atoms with Crippen LogP contribution < -0.4 is 0 Å². The van der Waals surface area contributed by atoms with Gasteiger partial charge in [0.1, 0.15) is 0 Å². The van der Waals surface area contributed by atoms with Crippen LogP contribution in [0.2, 0.25) is 0 Å². The zero-order chi connectivity index (χ0) is 8.97. The van der Waals surface area contributed by atoms with Crippen molar-refractivity contribution in [3.8, 4) is 0 Å². The van der Waals surface area contributed by atoms with Crippen molar-refractivity contribution in [1.29, 1.82) is 0 Å². The second-order valence-electron chi connectivity index (χ2n) is 2.37. The van der Waals surface area contributed by atoms with Crippen molar-refractivity contribution >= 4 is 5.97 Å². The van der Waals surface area contributed by atoms with E-state index in [2.05, 4.69) is 10.2 Å². The van der Waals surface area contributed by atoms with Crippen molar-refractivity contribution in [3.63, 3.8) is 0 Å². The molecule has 0 spiro atoms. The highest BCUT2D eigenvalue weighted by Gasteiger charge is 2.16. The van der Waals surface area contributed by atoms with Crippen LogP contribution >= 0.6 is 0 Å². The lowest BCUT2D eigenvalue weighted by atomic mass is 10.1. The van der Waals surface area contributed by atoms with Gasteiger partial charge < -0.3 is 9.84 Å². The van der Waals surface area contributed by atoms with Gasteiger partial charge in [0, 0.05) is 19.7 Å². The van der Waals surface area contributed by atoms with Crippen LogP contribution in [0.15, 0.2) is 12.4 Å². The second kappa shape index (κ2) is 3.87. The lowest BCUT2D eigenvalue weighted by Gasteiger charge is -2.07. The summed E-state index contributed by atoms with van der Waals surface area (Å²) in [4.78, 5) is 10.5. The van der Waals surface area contributed by atoms with Gasteiger partial charge in [-0.2, -0.15) is 5.10 Å². The minimum atomic E-state index is -0.960. The molecule has 66 valence electrons. The maximum absolute atomic E-state index is 10.5. The molecule has 0 amide bonds. The Morgan fingerprint density at radius 1 is 1.92 bits per heavy atom. The largest absolute Gasteiger partial charge is 0.479 e. The zero-order valence-corrected chi connectivity index (χ0v) is 6.65. The van der Waals surface area contributed by atoms with Gasteiger partial charge in [-0.3, -0.25) is 5.10 Å². The van der Waals surface area contributed by atoms with Crippen molar-refractivity contribution in [3.05, 3.63) is 18.0 Å². The second-order valence-corrected chi connectivity index (χ2v) is 2.37. The van der Waals surface area contributed by atoms with E-state index in [1.165, 1.54) is 7.11 Å². The van der Waals surface area contributed by atoms with Crippen LogP contribution in [0, 0.1) is 0 Å². The third-order valence-electron chi connectivity index (χ3n) is 1.54. The number of hydrogen-bond acceptors (Lipinski definition) is 3. The van der Waals surface area contributed by atoms with Gasteiger partial charge in [-0.25, -0.2) is 4.79 Å². The van der Waals surface area contributed by atoms with Crippen LogP contribution in [-0.4, -0.2) is 34.5 Å². The summed E-state index contributed by atoms with van der Waals surface area (Å²) >= 11 is 0. The number of aromatic nitrogens is 2. The minimum Gasteiger partial charge on any atom is -0.479 e. The maximum atomic E-state index is 10.5. The molecule has 0 bridgehead atoms. The lowest BCUT2D eigenvalue weighted by Crippen LogP contribution is -2.24. The van der Waals surface area contributed by atoms with Crippen LogP contribution in [0.5, 0.6) is 0 Å². The Morgan fingerprint density at radius 3 is 3.08 bits per heavy atom. The van der Waals surface area contributed by atoms with Gasteiger partial charge in [0.05, 0.1) is 6.20 Å². The number of rotatable bonds is 4. The molecule has 0 aliphatic carbocycles. The third kappa shape index (κ3) is 2.06. The molecule has 0 aliphatic rings. The molecule has 0 aliphatic heterocycles. The number of ether oxygens (including phenoxy) is 1. The minimum absolute atomic E-state index is 0.336. The molecule has 0 aromatic carbocycles. The zero-order valence-electron chi connectivity index (χ0n) is 6.65. The predicted octanol–water partition coefficient (Wildman–Crippen LogP) is 0.0518. The Hall–Kier alpha value is -1.36. The van der Waals surface area contributed by atoms with Gasteiger partial charge in [0.2, 0.25) is 0 Å². The topological polar surface area (TPSA) is 75.2 Å². The Morgan fingerprint density at radius 2 is 2.67 bits per heavy atom. The molecule has 12 heavy (non-hydrogen) atoms. The van der Waals surface area contributed by atoms with E-state index in [1.807, 2.05) is 0 Å². The molecule has 1 heterocycles. The summed E-state index contributed by atoms with van der Waals surface area (Å²) in [7, 11) is 1.37. The van der Waals surface area contributed by atoms with Crippen LogP contribution in [0.1, 0.15) is 5.56 Å². The molecular weight excluding hydrogens is 160 g/mol. The summed E-state index contributed by atoms with van der Waals surface area (Å²) < 4.78 is 4.74. The number of nitrogens with one attached hydrogen (secondary N) is 1. The summed E-state index contributed by atoms with van der Waals surface area (Å²) in [6.45, 7) is 0. The van der Waals surface area contributed by atoms with E-state index in [0.717, 1.165) is 5.56 Å². The Balaban J connectivity index is 2.54. The summed E-state index contributed by atoms with van der Waals surface area (Å²) in [5, 5.41) is 14.9. The molecule has 1 aromatic rings. The average molecular weight is 170 g/mol. The van der Waals surface area contributed by atoms with Crippen molar-refractivity contribution in [2.75, 3.05) is 7.11 Å². The molecule has 1 aromatic heterocycles. The van der Waals surface area contributed by atoms with Gasteiger partial charge >= 0.3 is 5.97 Å². The maximum Gasteiger partial charge on any atom is 0.333 e. The molecule has 0 fully saturated rings. The summed E-state index contributed by atoms with van der Waals surface area (Å²) in [5.74, 6) is -0.960. The molecule has 5 heteroatoms. The third-order valence-corrected chi connectivity index (χ3v) is 1.54. The Kier molecular flexibility index (Phi) is 2.82. The lowest BCUT2D eigenvalue weighted by molar-refractivity contribution is -0.148. The first-order chi connectivity index (χ1) is 5.74. The molecule has 0 saturated carbocycles. The van der Waals surface area contributed by atoms with Gasteiger partial charge in [-0.15, -0.1) is 0 Å². The highest BCUT2D eigenvalue weighted by atomic mass is 16.5. The molecule has 5 nitrogen and oxygen atoms in total. The number of H-pyrrole nitrogens is 1. The number of hydrogen-bond donors (Lipinski definition) is 2. The van der Waals surface area contributed by atoms with E-state index < -0.39 is 12.1 Å². The first-order valence-electron chi connectivity index (χ1n) is 3.47. The van der Waals surface area contributed by atoms with E-state index in [4.69, 9.17) is 9.84 Å².